The lowest BCUT2D eigenvalue weighted by Gasteiger charge is -2.12. The maximum absolute atomic E-state index is 6.07. The summed E-state index contributed by atoms with van der Waals surface area (Å²) in [5, 5.41) is 1.28. The molecule has 1 atom stereocenters. The minimum absolute atomic E-state index is 0.181. The second-order valence-corrected chi connectivity index (χ2v) is 6.05. The van der Waals surface area contributed by atoms with Crippen LogP contribution in [0.25, 0.3) is 21.9 Å². The molecule has 0 saturated heterocycles. The van der Waals surface area contributed by atoms with Crippen LogP contribution in [0.2, 0.25) is 0 Å². The maximum Gasteiger partial charge on any atom is 0.111 e. The monoisotopic (exact) mass is 304 g/mol. The first kappa shape index (κ1) is 14.0. The van der Waals surface area contributed by atoms with E-state index in [0.717, 1.165) is 23.3 Å². The zero-order valence-corrected chi connectivity index (χ0v) is 13.1. The van der Waals surface area contributed by atoms with E-state index in [-0.39, 0.29) is 5.92 Å². The Morgan fingerprint density at radius 2 is 1.74 bits per heavy atom. The zero-order chi connectivity index (χ0) is 15.8. The second-order valence-electron chi connectivity index (χ2n) is 6.05. The quantitative estimate of drug-likeness (QED) is 0.538. The van der Waals surface area contributed by atoms with Crippen LogP contribution in [0, 0.1) is 6.92 Å². The van der Waals surface area contributed by atoms with Crippen LogP contribution in [0.5, 0.6) is 0 Å². The number of nitrogens with zero attached hydrogens (tertiary/aromatic N) is 1. The SMILES string of the molecule is Cc1[nH]c2ccccc2c1CC(CN)c1nc2ccccc2[nH]1. The lowest BCUT2D eigenvalue weighted by atomic mass is 9.96. The summed E-state index contributed by atoms with van der Waals surface area (Å²) in [6, 6.07) is 16.5. The number of H-pyrrole nitrogens is 2. The van der Waals surface area contributed by atoms with Crippen molar-refractivity contribution >= 4 is 21.9 Å². The van der Waals surface area contributed by atoms with Crippen LogP contribution in [0.15, 0.2) is 48.5 Å². The number of nitrogens with two attached hydrogens (primary N) is 1. The highest BCUT2D eigenvalue weighted by Gasteiger charge is 2.18. The molecule has 0 spiro atoms. The average Bonchev–Trinajstić information content (AvgIpc) is 3.13. The summed E-state index contributed by atoms with van der Waals surface area (Å²) in [4.78, 5) is 11.6. The number of rotatable bonds is 4. The highest BCUT2D eigenvalue weighted by Crippen LogP contribution is 2.28. The van der Waals surface area contributed by atoms with Crippen LogP contribution in [0.3, 0.4) is 0 Å². The van der Waals surface area contributed by atoms with Crippen molar-refractivity contribution in [3.8, 4) is 0 Å². The molecule has 116 valence electrons. The highest BCUT2D eigenvalue weighted by molar-refractivity contribution is 5.84. The Bertz CT molecular complexity index is 931. The molecule has 4 heteroatoms. The van der Waals surface area contributed by atoms with Gasteiger partial charge in [0.1, 0.15) is 5.82 Å². The predicted octanol–water partition coefficient (Wildman–Crippen LogP) is 3.64. The Morgan fingerprint density at radius 3 is 2.52 bits per heavy atom. The number of benzene rings is 2. The molecule has 0 aliphatic heterocycles. The lowest BCUT2D eigenvalue weighted by molar-refractivity contribution is 0.659. The Balaban J connectivity index is 1.73. The second kappa shape index (κ2) is 5.56. The molecule has 1 unspecified atom stereocenters. The fourth-order valence-corrected chi connectivity index (χ4v) is 3.30. The van der Waals surface area contributed by atoms with Gasteiger partial charge in [0.05, 0.1) is 11.0 Å². The number of aromatic nitrogens is 3. The lowest BCUT2D eigenvalue weighted by Crippen LogP contribution is -2.16. The molecule has 4 rings (SSSR count). The van der Waals surface area contributed by atoms with Crippen molar-refractivity contribution in [1.82, 2.24) is 15.0 Å². The van der Waals surface area contributed by atoms with E-state index in [9.17, 15) is 0 Å². The van der Waals surface area contributed by atoms with Gasteiger partial charge < -0.3 is 15.7 Å². The molecular weight excluding hydrogens is 284 g/mol. The molecule has 0 amide bonds. The van der Waals surface area contributed by atoms with Gasteiger partial charge in [-0.1, -0.05) is 30.3 Å². The van der Waals surface area contributed by atoms with Gasteiger partial charge in [-0.15, -0.1) is 0 Å². The molecule has 2 aromatic heterocycles. The number of fused-ring (bicyclic) bond motifs is 2. The van der Waals surface area contributed by atoms with E-state index < -0.39 is 0 Å². The van der Waals surface area contributed by atoms with Gasteiger partial charge in [-0.25, -0.2) is 4.98 Å². The van der Waals surface area contributed by atoms with Gasteiger partial charge in [0.25, 0.3) is 0 Å². The number of nitrogens with one attached hydrogen (secondary N) is 2. The van der Waals surface area contributed by atoms with Crippen molar-refractivity contribution in [2.75, 3.05) is 6.54 Å². The van der Waals surface area contributed by atoms with Gasteiger partial charge in [-0.2, -0.15) is 0 Å². The van der Waals surface area contributed by atoms with Crippen molar-refractivity contribution in [3.05, 3.63) is 65.6 Å². The fourth-order valence-electron chi connectivity index (χ4n) is 3.30. The Labute approximate surface area is 134 Å². The molecule has 0 radical (unpaired) electrons. The molecule has 0 saturated carbocycles. The van der Waals surface area contributed by atoms with Crippen molar-refractivity contribution < 1.29 is 0 Å². The number of aromatic amines is 2. The largest absolute Gasteiger partial charge is 0.358 e. The molecule has 23 heavy (non-hydrogen) atoms. The number of hydrogen-bond acceptors (Lipinski definition) is 2. The van der Waals surface area contributed by atoms with E-state index in [1.165, 1.54) is 22.2 Å². The van der Waals surface area contributed by atoms with Crippen LogP contribution in [-0.2, 0) is 6.42 Å². The Morgan fingerprint density at radius 1 is 1.00 bits per heavy atom. The number of hydrogen-bond donors (Lipinski definition) is 3. The van der Waals surface area contributed by atoms with E-state index >= 15 is 0 Å². The predicted molar refractivity (Wildman–Crippen MR) is 94.6 cm³/mol. The molecule has 0 fully saturated rings. The molecule has 0 aliphatic rings. The molecule has 2 aromatic carbocycles. The molecule has 4 nitrogen and oxygen atoms in total. The summed E-state index contributed by atoms with van der Waals surface area (Å²) in [6.45, 7) is 2.69. The summed E-state index contributed by atoms with van der Waals surface area (Å²) in [6.07, 6.45) is 0.881. The van der Waals surface area contributed by atoms with Gasteiger partial charge in [0.2, 0.25) is 0 Å². The van der Waals surface area contributed by atoms with Gasteiger partial charge in [0, 0.05) is 29.1 Å². The minimum atomic E-state index is 0.181. The van der Waals surface area contributed by atoms with Crippen molar-refractivity contribution in [2.45, 2.75) is 19.3 Å². The van der Waals surface area contributed by atoms with Gasteiger partial charge in [-0.05, 0) is 37.1 Å². The molecule has 4 N–H and O–H groups in total. The van der Waals surface area contributed by atoms with E-state index in [2.05, 4.69) is 47.2 Å². The number of imidazole rings is 1. The van der Waals surface area contributed by atoms with Crippen molar-refractivity contribution in [2.24, 2.45) is 5.73 Å². The molecule has 0 aliphatic carbocycles. The normalized spacial score (nSPS) is 13.0. The standard InChI is InChI=1S/C19H20N4/c1-12-15(14-6-2-3-7-16(14)21-12)10-13(11-20)19-22-17-8-4-5-9-18(17)23-19/h2-9,13,21H,10-11,20H2,1H3,(H,22,23). The number of aryl methyl sites for hydroxylation is 1. The van der Waals surface area contributed by atoms with Gasteiger partial charge >= 0.3 is 0 Å². The first-order chi connectivity index (χ1) is 11.3. The summed E-state index contributed by atoms with van der Waals surface area (Å²) < 4.78 is 0. The van der Waals surface area contributed by atoms with Crippen LogP contribution < -0.4 is 5.73 Å². The molecule has 4 aromatic rings. The minimum Gasteiger partial charge on any atom is -0.358 e. The third kappa shape index (κ3) is 2.41. The molecule has 0 bridgehead atoms. The number of para-hydroxylation sites is 3. The summed E-state index contributed by atoms with van der Waals surface area (Å²) in [7, 11) is 0. The van der Waals surface area contributed by atoms with E-state index in [0.29, 0.717) is 6.54 Å². The van der Waals surface area contributed by atoms with E-state index in [1.54, 1.807) is 0 Å². The molecular formula is C19H20N4. The zero-order valence-electron chi connectivity index (χ0n) is 13.1. The van der Waals surface area contributed by atoms with Crippen molar-refractivity contribution in [3.63, 3.8) is 0 Å². The average molecular weight is 304 g/mol. The summed E-state index contributed by atoms with van der Waals surface area (Å²) in [5.41, 5.74) is 11.9. The van der Waals surface area contributed by atoms with Gasteiger partial charge in [0.15, 0.2) is 0 Å². The Hall–Kier alpha value is -2.59. The van der Waals surface area contributed by atoms with E-state index in [1.807, 2.05) is 18.2 Å². The van der Waals surface area contributed by atoms with Crippen LogP contribution >= 0.6 is 0 Å². The topological polar surface area (TPSA) is 70.5 Å². The van der Waals surface area contributed by atoms with E-state index in [4.69, 9.17) is 10.7 Å². The first-order valence-corrected chi connectivity index (χ1v) is 7.97. The third-order valence-corrected chi connectivity index (χ3v) is 4.56. The Kier molecular flexibility index (Phi) is 3.39. The van der Waals surface area contributed by atoms with Crippen LogP contribution in [0.4, 0.5) is 0 Å². The highest BCUT2D eigenvalue weighted by atomic mass is 14.9. The first-order valence-electron chi connectivity index (χ1n) is 7.97. The van der Waals surface area contributed by atoms with Crippen LogP contribution in [-0.4, -0.2) is 21.5 Å². The molecule has 2 heterocycles. The van der Waals surface area contributed by atoms with Crippen LogP contribution in [0.1, 0.15) is 23.0 Å². The third-order valence-electron chi connectivity index (χ3n) is 4.56. The van der Waals surface area contributed by atoms with Crippen molar-refractivity contribution in [1.29, 1.82) is 0 Å². The fraction of sp³-hybridized carbons (Fsp3) is 0.211. The smallest absolute Gasteiger partial charge is 0.111 e. The maximum atomic E-state index is 6.07. The summed E-state index contributed by atoms with van der Waals surface area (Å²) >= 11 is 0. The summed E-state index contributed by atoms with van der Waals surface area (Å²) in [5.74, 6) is 1.15. The van der Waals surface area contributed by atoms with Gasteiger partial charge in [-0.3, -0.25) is 0 Å².